The largest absolute Gasteiger partial charge is 0.396 e. The van der Waals surface area contributed by atoms with Crippen LogP contribution in [0.3, 0.4) is 0 Å². The first kappa shape index (κ1) is 12.1. The molecule has 12 heavy (non-hydrogen) atoms. The van der Waals surface area contributed by atoms with Crippen molar-refractivity contribution in [3.05, 3.63) is 22.4 Å². The first-order valence-corrected chi connectivity index (χ1v) is 5.55. The van der Waals surface area contributed by atoms with Gasteiger partial charge in [-0.25, -0.2) is 5.84 Å². The first-order chi connectivity index (χ1) is 5.67. The van der Waals surface area contributed by atoms with Crippen LogP contribution in [0.5, 0.6) is 0 Å². The van der Waals surface area contributed by atoms with Crippen LogP contribution in [0, 0.1) is 0 Å². The van der Waals surface area contributed by atoms with Crippen LogP contribution in [0.1, 0.15) is 13.3 Å². The van der Waals surface area contributed by atoms with E-state index in [2.05, 4.69) is 53.6 Å². The summed E-state index contributed by atoms with van der Waals surface area (Å²) in [4.78, 5) is 0. The van der Waals surface area contributed by atoms with Crippen molar-refractivity contribution < 1.29 is 0 Å². The van der Waals surface area contributed by atoms with Gasteiger partial charge in [-0.15, -0.1) is 12.6 Å². The Morgan fingerprint density at radius 2 is 2.25 bits per heavy atom. The summed E-state index contributed by atoms with van der Waals surface area (Å²) in [6.07, 6.45) is 3.03. The van der Waals surface area contributed by atoms with Crippen molar-refractivity contribution >= 4 is 35.2 Å². The highest BCUT2D eigenvalue weighted by atomic mass is 127. The van der Waals surface area contributed by atoms with Crippen molar-refractivity contribution in [2.24, 2.45) is 11.6 Å². The van der Waals surface area contributed by atoms with E-state index < -0.39 is 0 Å². The molecule has 0 rings (SSSR count). The van der Waals surface area contributed by atoms with Gasteiger partial charge in [-0.2, -0.15) is 0 Å². The molecular formula is C7H14IN3S. The number of rotatable bonds is 4. The highest BCUT2D eigenvalue weighted by Crippen LogP contribution is 2.13. The summed E-state index contributed by atoms with van der Waals surface area (Å²) in [7, 11) is 0. The van der Waals surface area contributed by atoms with E-state index in [0.29, 0.717) is 10.7 Å². The SMILES string of the molecule is CC/C=C(CI)\C(N)=C(/S)NN. The number of nitrogens with two attached hydrogens (primary N) is 2. The smallest absolute Gasteiger partial charge is 0.103 e. The van der Waals surface area contributed by atoms with E-state index in [-0.39, 0.29) is 0 Å². The molecule has 3 nitrogen and oxygen atoms in total. The van der Waals surface area contributed by atoms with Crippen molar-refractivity contribution in [2.45, 2.75) is 13.3 Å². The Kier molecular flexibility index (Phi) is 6.68. The van der Waals surface area contributed by atoms with Crippen molar-refractivity contribution in [2.75, 3.05) is 4.43 Å². The Hall–Kier alpha value is 0.120. The topological polar surface area (TPSA) is 64.1 Å². The third kappa shape index (κ3) is 3.68. The first-order valence-electron chi connectivity index (χ1n) is 3.58. The van der Waals surface area contributed by atoms with E-state index in [1.807, 2.05) is 0 Å². The maximum absolute atomic E-state index is 5.76. The molecule has 0 aromatic rings. The summed E-state index contributed by atoms with van der Waals surface area (Å²) in [5, 5.41) is 0.520. The molecule has 0 aliphatic rings. The van der Waals surface area contributed by atoms with Gasteiger partial charge in [-0.1, -0.05) is 35.6 Å². The minimum absolute atomic E-state index is 0.520. The fourth-order valence-electron chi connectivity index (χ4n) is 0.713. The molecule has 70 valence electrons. The van der Waals surface area contributed by atoms with E-state index in [0.717, 1.165) is 16.4 Å². The van der Waals surface area contributed by atoms with Gasteiger partial charge in [0.15, 0.2) is 0 Å². The van der Waals surface area contributed by atoms with Crippen LogP contribution in [0.2, 0.25) is 0 Å². The number of allylic oxidation sites excluding steroid dienone is 2. The van der Waals surface area contributed by atoms with Crippen LogP contribution in [-0.2, 0) is 0 Å². The minimum atomic E-state index is 0.520. The molecule has 0 aromatic heterocycles. The molecule has 0 atom stereocenters. The van der Waals surface area contributed by atoms with E-state index in [1.165, 1.54) is 0 Å². The van der Waals surface area contributed by atoms with Gasteiger partial charge in [-0.05, 0) is 12.0 Å². The third-order valence-corrected chi connectivity index (χ3v) is 2.52. The average molecular weight is 299 g/mol. The molecule has 0 amide bonds. The van der Waals surface area contributed by atoms with Gasteiger partial charge in [0.25, 0.3) is 0 Å². The third-order valence-electron chi connectivity index (χ3n) is 1.33. The maximum Gasteiger partial charge on any atom is 0.103 e. The number of thiol groups is 1. The second kappa shape index (κ2) is 6.62. The maximum atomic E-state index is 5.76. The summed E-state index contributed by atoms with van der Waals surface area (Å²) >= 11 is 6.34. The molecular weight excluding hydrogens is 285 g/mol. The lowest BCUT2D eigenvalue weighted by atomic mass is 10.2. The zero-order valence-corrected chi connectivity index (χ0v) is 10.0. The Labute approximate surface area is 92.2 Å². The molecule has 0 heterocycles. The predicted octanol–water partition coefficient (Wildman–Crippen LogP) is 1.28. The molecule has 0 aromatic carbocycles. The molecule has 0 aliphatic heterocycles. The molecule has 0 saturated heterocycles. The second-order valence-corrected chi connectivity index (χ2v) is 3.39. The summed E-state index contributed by atoms with van der Waals surface area (Å²) in [6.45, 7) is 2.06. The second-order valence-electron chi connectivity index (χ2n) is 2.18. The van der Waals surface area contributed by atoms with Gasteiger partial charge in [0.2, 0.25) is 0 Å². The predicted molar refractivity (Wildman–Crippen MR) is 64.8 cm³/mol. The molecule has 0 spiro atoms. The molecule has 0 aliphatic carbocycles. The number of hydrazine groups is 1. The summed E-state index contributed by atoms with van der Waals surface area (Å²) < 4.78 is 0.864. The number of halogens is 1. The number of nitrogens with one attached hydrogen (secondary N) is 1. The lowest BCUT2D eigenvalue weighted by Crippen LogP contribution is -2.22. The van der Waals surface area contributed by atoms with E-state index in [4.69, 9.17) is 11.6 Å². The van der Waals surface area contributed by atoms with Crippen LogP contribution in [0.25, 0.3) is 0 Å². The normalized spacial score (nSPS) is 14.2. The van der Waals surface area contributed by atoms with E-state index in [9.17, 15) is 0 Å². The Morgan fingerprint density at radius 3 is 2.58 bits per heavy atom. The van der Waals surface area contributed by atoms with Gasteiger partial charge in [0.1, 0.15) is 5.03 Å². The van der Waals surface area contributed by atoms with Crippen molar-refractivity contribution in [1.82, 2.24) is 5.43 Å². The quantitative estimate of drug-likeness (QED) is 0.158. The van der Waals surface area contributed by atoms with Gasteiger partial charge >= 0.3 is 0 Å². The molecule has 5 heteroatoms. The standard InChI is InChI=1S/C7H14IN3S/c1-2-3-5(4-8)6(9)7(12)11-10/h3,11-12H,2,4,9-10H2,1H3/b5-3-,7-6+. The Balaban J connectivity index is 4.63. The van der Waals surface area contributed by atoms with Crippen molar-refractivity contribution in [3.8, 4) is 0 Å². The summed E-state index contributed by atoms with van der Waals surface area (Å²) in [6, 6.07) is 0. The highest BCUT2D eigenvalue weighted by Gasteiger charge is 2.02. The van der Waals surface area contributed by atoms with Crippen molar-refractivity contribution in [1.29, 1.82) is 0 Å². The average Bonchev–Trinajstić information content (AvgIpc) is 2.11. The summed E-state index contributed by atoms with van der Waals surface area (Å²) in [5.74, 6) is 5.17. The zero-order chi connectivity index (χ0) is 9.56. The van der Waals surface area contributed by atoms with Crippen molar-refractivity contribution in [3.63, 3.8) is 0 Å². The van der Waals surface area contributed by atoms with E-state index in [1.54, 1.807) is 0 Å². The summed E-state index contributed by atoms with van der Waals surface area (Å²) in [5.41, 5.74) is 9.86. The Morgan fingerprint density at radius 1 is 1.67 bits per heavy atom. The fraction of sp³-hybridized carbons (Fsp3) is 0.429. The molecule has 0 unspecified atom stereocenters. The molecule has 0 radical (unpaired) electrons. The van der Waals surface area contributed by atoms with Crippen LogP contribution < -0.4 is 17.0 Å². The zero-order valence-electron chi connectivity index (χ0n) is 6.97. The lowest BCUT2D eigenvalue weighted by Gasteiger charge is -2.07. The van der Waals surface area contributed by atoms with Gasteiger partial charge in [0.05, 0.1) is 5.70 Å². The minimum Gasteiger partial charge on any atom is -0.396 e. The monoisotopic (exact) mass is 299 g/mol. The number of hydrogen-bond donors (Lipinski definition) is 4. The van der Waals surface area contributed by atoms with Crippen LogP contribution >= 0.6 is 35.2 Å². The molecule has 0 fully saturated rings. The van der Waals surface area contributed by atoms with Crippen LogP contribution in [-0.4, -0.2) is 4.43 Å². The lowest BCUT2D eigenvalue weighted by molar-refractivity contribution is 0.930. The van der Waals surface area contributed by atoms with Gasteiger partial charge in [-0.3, -0.25) is 0 Å². The molecule has 0 bridgehead atoms. The highest BCUT2D eigenvalue weighted by molar-refractivity contribution is 14.1. The number of alkyl halides is 1. The van der Waals surface area contributed by atoms with Crippen LogP contribution in [0.4, 0.5) is 0 Å². The van der Waals surface area contributed by atoms with Gasteiger partial charge < -0.3 is 11.2 Å². The van der Waals surface area contributed by atoms with Crippen LogP contribution in [0.15, 0.2) is 22.4 Å². The molecule has 5 N–H and O–H groups in total. The fourth-order valence-corrected chi connectivity index (χ4v) is 1.58. The van der Waals surface area contributed by atoms with E-state index >= 15 is 0 Å². The number of hydrogen-bond acceptors (Lipinski definition) is 4. The molecule has 0 saturated carbocycles. The van der Waals surface area contributed by atoms with Gasteiger partial charge in [0, 0.05) is 4.43 Å². The Bertz CT molecular complexity index is 201.